The Kier molecular flexibility index (Phi) is 13.4. The third-order valence-corrected chi connectivity index (χ3v) is 1.00. The van der Waals surface area contributed by atoms with E-state index >= 15 is 0 Å². The van der Waals surface area contributed by atoms with Crippen LogP contribution in [0, 0.1) is 0 Å². The Morgan fingerprint density at radius 2 is 2.18 bits per heavy atom. The fourth-order valence-electron chi connectivity index (χ4n) is 0.479. The second-order valence-electron chi connectivity index (χ2n) is 1.64. The van der Waals surface area contributed by atoms with Crippen molar-refractivity contribution in [3.63, 3.8) is 0 Å². The minimum atomic E-state index is -0.822. The van der Waals surface area contributed by atoms with Crippen molar-refractivity contribution in [2.45, 2.75) is 6.92 Å². The highest BCUT2D eigenvalue weighted by Gasteiger charge is 1.99. The minimum absolute atomic E-state index is 0. The molecule has 0 aliphatic carbocycles. The molecule has 0 aromatic carbocycles. The van der Waals surface area contributed by atoms with E-state index < -0.39 is 5.97 Å². The molecular formula is C6H16N2O3. The second-order valence-corrected chi connectivity index (χ2v) is 1.64. The van der Waals surface area contributed by atoms with Gasteiger partial charge in [-0.2, -0.15) is 0 Å². The van der Waals surface area contributed by atoms with Crippen molar-refractivity contribution in [2.24, 2.45) is 0 Å². The zero-order valence-corrected chi connectivity index (χ0v) is 6.71. The molecule has 0 aliphatic rings. The zero-order valence-electron chi connectivity index (χ0n) is 6.71. The van der Waals surface area contributed by atoms with Crippen molar-refractivity contribution in [3.05, 3.63) is 12.8 Å². The number of carboxylic acid groups (broad SMARTS) is 1. The smallest absolute Gasteiger partial charge is 0.323 e. The van der Waals surface area contributed by atoms with Gasteiger partial charge in [-0.1, -0.05) is 6.58 Å². The minimum Gasteiger partial charge on any atom is -0.480 e. The number of carbonyl (C=O) groups is 1. The standard InChI is InChI=1S/C6H11NO2.H3N.H2O/c1-3-7(4-2)5-6(8)9;;/h3H,1,4-5H2,2H3,(H,8,9);1H3;1H2. The molecular weight excluding hydrogens is 148 g/mol. The van der Waals surface area contributed by atoms with E-state index in [2.05, 4.69) is 6.58 Å². The normalized spacial score (nSPS) is 7.00. The van der Waals surface area contributed by atoms with Crippen LogP contribution in [0.15, 0.2) is 12.8 Å². The van der Waals surface area contributed by atoms with Crippen molar-refractivity contribution >= 4 is 5.97 Å². The summed E-state index contributed by atoms with van der Waals surface area (Å²) in [6.07, 6.45) is 1.52. The SMILES string of the molecule is C=CN(CC)CC(=O)O.N.O. The molecule has 0 aromatic rings. The van der Waals surface area contributed by atoms with Crippen molar-refractivity contribution in [1.82, 2.24) is 11.1 Å². The molecule has 0 saturated heterocycles. The van der Waals surface area contributed by atoms with Crippen LogP contribution in [0.3, 0.4) is 0 Å². The fraction of sp³-hybridized carbons (Fsp3) is 0.500. The zero-order chi connectivity index (χ0) is 7.28. The summed E-state index contributed by atoms with van der Waals surface area (Å²) in [5.74, 6) is -0.822. The molecule has 0 amide bonds. The van der Waals surface area contributed by atoms with Gasteiger partial charge in [-0.05, 0) is 13.1 Å². The molecule has 0 rings (SSSR count). The van der Waals surface area contributed by atoms with Crippen LogP contribution in [0.5, 0.6) is 0 Å². The highest BCUT2D eigenvalue weighted by molar-refractivity contribution is 5.69. The second kappa shape index (κ2) is 8.93. The predicted molar refractivity (Wildman–Crippen MR) is 43.7 cm³/mol. The van der Waals surface area contributed by atoms with E-state index in [1.54, 1.807) is 4.90 Å². The average molecular weight is 164 g/mol. The van der Waals surface area contributed by atoms with Crippen LogP contribution < -0.4 is 6.15 Å². The molecule has 0 radical (unpaired) electrons. The summed E-state index contributed by atoms with van der Waals surface area (Å²) in [4.78, 5) is 11.7. The van der Waals surface area contributed by atoms with Crippen molar-refractivity contribution < 1.29 is 15.4 Å². The molecule has 0 unspecified atom stereocenters. The average Bonchev–Trinajstić information content (AvgIpc) is 1.82. The van der Waals surface area contributed by atoms with Crippen LogP contribution in [-0.2, 0) is 4.79 Å². The van der Waals surface area contributed by atoms with Crippen molar-refractivity contribution in [3.8, 4) is 0 Å². The summed E-state index contributed by atoms with van der Waals surface area (Å²) in [6.45, 7) is 6.06. The van der Waals surface area contributed by atoms with E-state index in [1.165, 1.54) is 6.20 Å². The number of nitrogens with zero attached hydrogens (tertiary/aromatic N) is 1. The number of hydrogen-bond donors (Lipinski definition) is 2. The largest absolute Gasteiger partial charge is 0.480 e. The first-order valence-electron chi connectivity index (χ1n) is 2.79. The molecule has 5 nitrogen and oxygen atoms in total. The van der Waals surface area contributed by atoms with Crippen LogP contribution >= 0.6 is 0 Å². The lowest BCUT2D eigenvalue weighted by molar-refractivity contribution is -0.137. The van der Waals surface area contributed by atoms with E-state index in [1.807, 2.05) is 6.92 Å². The van der Waals surface area contributed by atoms with Gasteiger partial charge in [0, 0.05) is 6.54 Å². The first kappa shape index (κ1) is 16.5. The summed E-state index contributed by atoms with van der Waals surface area (Å²) in [5.41, 5.74) is 0. The summed E-state index contributed by atoms with van der Waals surface area (Å²) in [7, 11) is 0. The lowest BCUT2D eigenvalue weighted by Gasteiger charge is -2.13. The molecule has 0 bridgehead atoms. The van der Waals surface area contributed by atoms with Gasteiger partial charge in [-0.3, -0.25) is 4.79 Å². The van der Waals surface area contributed by atoms with Crippen LogP contribution in [0.1, 0.15) is 6.92 Å². The Morgan fingerprint density at radius 3 is 2.27 bits per heavy atom. The monoisotopic (exact) mass is 164 g/mol. The Balaban J connectivity index is -0.000000320. The molecule has 11 heavy (non-hydrogen) atoms. The molecule has 0 aromatic heterocycles. The molecule has 0 heterocycles. The Hall–Kier alpha value is -1.07. The maximum absolute atomic E-state index is 10.0. The van der Waals surface area contributed by atoms with E-state index in [4.69, 9.17) is 5.11 Å². The van der Waals surface area contributed by atoms with Crippen molar-refractivity contribution in [2.75, 3.05) is 13.1 Å². The van der Waals surface area contributed by atoms with Crippen LogP contribution in [0.2, 0.25) is 0 Å². The maximum Gasteiger partial charge on any atom is 0.323 e. The molecule has 0 spiro atoms. The lowest BCUT2D eigenvalue weighted by Crippen LogP contribution is -2.23. The Morgan fingerprint density at radius 1 is 1.73 bits per heavy atom. The topological polar surface area (TPSA) is 107 Å². The molecule has 68 valence electrons. The Bertz CT molecular complexity index is 116. The molecule has 0 aliphatic heterocycles. The van der Waals surface area contributed by atoms with E-state index in [0.717, 1.165) is 0 Å². The van der Waals surface area contributed by atoms with Gasteiger partial charge < -0.3 is 21.6 Å². The molecule has 0 fully saturated rings. The molecule has 0 saturated carbocycles. The van der Waals surface area contributed by atoms with E-state index in [0.29, 0.717) is 6.54 Å². The van der Waals surface area contributed by atoms with Crippen molar-refractivity contribution in [1.29, 1.82) is 0 Å². The summed E-state index contributed by atoms with van der Waals surface area (Å²) < 4.78 is 0. The quantitative estimate of drug-likeness (QED) is 0.603. The van der Waals surface area contributed by atoms with Gasteiger partial charge >= 0.3 is 5.97 Å². The lowest BCUT2D eigenvalue weighted by atomic mass is 10.5. The van der Waals surface area contributed by atoms with Gasteiger partial charge in [0.1, 0.15) is 6.54 Å². The van der Waals surface area contributed by atoms with Gasteiger partial charge in [-0.25, -0.2) is 0 Å². The van der Waals surface area contributed by atoms with E-state index in [9.17, 15) is 4.79 Å². The summed E-state index contributed by atoms with van der Waals surface area (Å²) in [6, 6.07) is 0. The number of carboxylic acids is 1. The number of hydrogen-bond acceptors (Lipinski definition) is 3. The van der Waals surface area contributed by atoms with Gasteiger partial charge in [0.25, 0.3) is 0 Å². The van der Waals surface area contributed by atoms with Crippen LogP contribution in [0.4, 0.5) is 0 Å². The third-order valence-electron chi connectivity index (χ3n) is 1.00. The van der Waals surface area contributed by atoms with Gasteiger partial charge in [0.15, 0.2) is 0 Å². The van der Waals surface area contributed by atoms with Gasteiger partial charge in [0.05, 0.1) is 0 Å². The Labute approximate surface area is 66.2 Å². The van der Waals surface area contributed by atoms with Crippen LogP contribution in [-0.4, -0.2) is 34.5 Å². The van der Waals surface area contributed by atoms with Gasteiger partial charge in [-0.15, -0.1) is 0 Å². The molecule has 5 heteroatoms. The summed E-state index contributed by atoms with van der Waals surface area (Å²) >= 11 is 0. The summed E-state index contributed by atoms with van der Waals surface area (Å²) in [5, 5.41) is 8.26. The van der Waals surface area contributed by atoms with E-state index in [-0.39, 0.29) is 18.2 Å². The highest BCUT2D eigenvalue weighted by Crippen LogP contribution is 1.85. The molecule has 0 atom stereocenters. The fourth-order valence-corrected chi connectivity index (χ4v) is 0.479. The predicted octanol–water partition coefficient (Wildman–Crippen LogP) is -0.126. The van der Waals surface area contributed by atoms with Gasteiger partial charge in [0.2, 0.25) is 0 Å². The number of likely N-dealkylation sites (N-methyl/N-ethyl adjacent to an activating group) is 1. The van der Waals surface area contributed by atoms with Crippen LogP contribution in [0.25, 0.3) is 0 Å². The maximum atomic E-state index is 10.0. The molecule has 6 N–H and O–H groups in total. The highest BCUT2D eigenvalue weighted by atomic mass is 16.4. The first-order valence-corrected chi connectivity index (χ1v) is 2.79. The number of aliphatic carboxylic acids is 1. The first-order chi connectivity index (χ1) is 4.20. The number of rotatable bonds is 4. The third kappa shape index (κ3) is 8.93.